The highest BCUT2D eigenvalue weighted by molar-refractivity contribution is 5.98. The fraction of sp³-hybridized carbons (Fsp3) is 0.300. The maximum atomic E-state index is 5.60. The van der Waals surface area contributed by atoms with Gasteiger partial charge in [0.25, 0.3) is 0 Å². The number of hydrogen-bond acceptors (Lipinski definition) is 7. The molecule has 1 unspecified atom stereocenters. The lowest BCUT2D eigenvalue weighted by Crippen LogP contribution is -2.37. The second kappa shape index (κ2) is 7.40. The van der Waals surface area contributed by atoms with Crippen molar-refractivity contribution in [1.29, 1.82) is 0 Å². The lowest BCUT2D eigenvalue weighted by Gasteiger charge is -2.18. The highest BCUT2D eigenvalue weighted by atomic mass is 16.5. The molecule has 0 spiro atoms. The quantitative estimate of drug-likeness (QED) is 0.630. The first-order valence-corrected chi connectivity index (χ1v) is 9.19. The van der Waals surface area contributed by atoms with Gasteiger partial charge in [-0.1, -0.05) is 6.07 Å². The molecule has 0 fully saturated rings. The number of hydrogen-bond donors (Lipinski definition) is 3. The van der Waals surface area contributed by atoms with Crippen LogP contribution in [-0.4, -0.2) is 41.9 Å². The number of fused-ring (bicyclic) bond motifs is 1. The van der Waals surface area contributed by atoms with Crippen LogP contribution in [0.5, 0.6) is 11.5 Å². The van der Waals surface area contributed by atoms with Gasteiger partial charge in [-0.15, -0.1) is 0 Å². The first-order valence-electron chi connectivity index (χ1n) is 9.19. The normalized spacial score (nSPS) is 16.4. The predicted octanol–water partition coefficient (Wildman–Crippen LogP) is 3.20. The van der Waals surface area contributed by atoms with Gasteiger partial charge in [-0.3, -0.25) is 10.1 Å². The monoisotopic (exact) mass is 380 g/mol. The number of H-pyrrole nitrogens is 1. The smallest absolute Gasteiger partial charge is 0.214 e. The fourth-order valence-electron chi connectivity index (χ4n) is 3.29. The largest absolute Gasteiger partial charge is 0.493 e. The zero-order valence-electron chi connectivity index (χ0n) is 16.4. The average molecular weight is 380 g/mol. The minimum Gasteiger partial charge on any atom is -0.493 e. The van der Waals surface area contributed by atoms with E-state index in [9.17, 15) is 0 Å². The van der Waals surface area contributed by atoms with Gasteiger partial charge < -0.3 is 14.8 Å². The lowest BCUT2D eigenvalue weighted by molar-refractivity contribution is 0.309. The predicted molar refractivity (Wildman–Crippen MR) is 110 cm³/mol. The van der Waals surface area contributed by atoms with E-state index in [1.54, 1.807) is 7.11 Å². The zero-order chi connectivity index (χ0) is 19.7. The molecule has 8 heteroatoms. The van der Waals surface area contributed by atoms with E-state index in [0.717, 1.165) is 39.4 Å². The molecule has 0 amide bonds. The summed E-state index contributed by atoms with van der Waals surface area (Å²) in [5.41, 5.74) is 7.47. The molecule has 1 atom stereocenters. The molecule has 4 rings (SSSR count). The molecule has 1 aliphatic rings. The number of hydrazine groups is 1. The summed E-state index contributed by atoms with van der Waals surface area (Å²) < 4.78 is 11.1. The molecule has 2 aromatic carbocycles. The number of nitrogens with one attached hydrogen (secondary N) is 3. The summed E-state index contributed by atoms with van der Waals surface area (Å²) >= 11 is 0. The number of aromatic amines is 1. The highest BCUT2D eigenvalue weighted by Gasteiger charge is 2.24. The molecular weight excluding hydrogens is 356 g/mol. The minimum absolute atomic E-state index is 0.213. The molecule has 0 radical (unpaired) electrons. The summed E-state index contributed by atoms with van der Waals surface area (Å²) in [7, 11) is 3.57. The summed E-state index contributed by atoms with van der Waals surface area (Å²) in [6.45, 7) is 4.61. The van der Waals surface area contributed by atoms with Crippen molar-refractivity contribution in [2.24, 2.45) is 4.99 Å². The van der Waals surface area contributed by atoms with Crippen LogP contribution in [0.2, 0.25) is 0 Å². The Labute approximate surface area is 163 Å². The van der Waals surface area contributed by atoms with Gasteiger partial charge in [0.2, 0.25) is 5.96 Å². The topological polar surface area (TPSA) is 86.8 Å². The van der Waals surface area contributed by atoms with Crippen LogP contribution < -0.4 is 20.2 Å². The van der Waals surface area contributed by atoms with Crippen LogP contribution in [-0.2, 0) is 0 Å². The van der Waals surface area contributed by atoms with E-state index in [0.29, 0.717) is 12.4 Å². The minimum atomic E-state index is -0.213. The number of aryl methyl sites for hydroxylation is 1. The van der Waals surface area contributed by atoms with Crippen molar-refractivity contribution in [2.75, 3.05) is 26.1 Å². The molecule has 2 heterocycles. The highest BCUT2D eigenvalue weighted by Crippen LogP contribution is 2.32. The second-order valence-corrected chi connectivity index (χ2v) is 6.58. The molecule has 28 heavy (non-hydrogen) atoms. The van der Waals surface area contributed by atoms with Gasteiger partial charge in [0, 0.05) is 18.1 Å². The van der Waals surface area contributed by atoms with E-state index in [4.69, 9.17) is 14.5 Å². The van der Waals surface area contributed by atoms with Crippen LogP contribution in [0.4, 0.5) is 5.69 Å². The number of aromatic nitrogens is 2. The Morgan fingerprint density at radius 1 is 1.21 bits per heavy atom. The second-order valence-electron chi connectivity index (χ2n) is 6.58. The maximum Gasteiger partial charge on any atom is 0.214 e. The van der Waals surface area contributed by atoms with E-state index in [-0.39, 0.29) is 6.17 Å². The Kier molecular flexibility index (Phi) is 4.79. The van der Waals surface area contributed by atoms with Crippen LogP contribution in [0.1, 0.15) is 24.2 Å². The Balaban J connectivity index is 1.59. The Hall–Kier alpha value is -3.26. The first-order chi connectivity index (χ1) is 13.6. The van der Waals surface area contributed by atoms with Crippen LogP contribution in [0.25, 0.3) is 10.9 Å². The number of aliphatic imine (C=N–C) groups is 1. The number of benzene rings is 2. The van der Waals surface area contributed by atoms with Crippen LogP contribution in [0.3, 0.4) is 0 Å². The van der Waals surface area contributed by atoms with Gasteiger partial charge in [0.05, 0.1) is 25.4 Å². The van der Waals surface area contributed by atoms with Crippen molar-refractivity contribution in [3.8, 4) is 11.5 Å². The van der Waals surface area contributed by atoms with Crippen molar-refractivity contribution in [2.45, 2.75) is 20.0 Å². The molecule has 1 aliphatic heterocycles. The van der Waals surface area contributed by atoms with E-state index in [1.807, 2.05) is 55.5 Å². The molecule has 0 saturated carbocycles. The van der Waals surface area contributed by atoms with Gasteiger partial charge in [-0.05, 0) is 49.2 Å². The average Bonchev–Trinajstić information content (AvgIpc) is 3.32. The maximum absolute atomic E-state index is 5.60. The molecule has 0 bridgehead atoms. The van der Waals surface area contributed by atoms with Crippen molar-refractivity contribution < 1.29 is 9.47 Å². The SMILES string of the molecule is CCOc1ccc(C2N=C(Nc3ccc4[nH]ncc4c3C)N(C)N2)cc1OC. The number of methoxy groups -OCH3 is 1. The third kappa shape index (κ3) is 3.22. The van der Waals surface area contributed by atoms with Gasteiger partial charge in [0.1, 0.15) is 6.17 Å². The lowest BCUT2D eigenvalue weighted by atomic mass is 10.1. The number of rotatable bonds is 5. The number of nitrogens with zero attached hydrogens (tertiary/aromatic N) is 3. The van der Waals surface area contributed by atoms with Crippen molar-refractivity contribution in [1.82, 2.24) is 20.6 Å². The summed E-state index contributed by atoms with van der Waals surface area (Å²) in [5, 5.41) is 13.5. The molecule has 3 N–H and O–H groups in total. The molecule has 8 nitrogen and oxygen atoms in total. The molecule has 0 saturated heterocycles. The zero-order valence-corrected chi connectivity index (χ0v) is 16.4. The van der Waals surface area contributed by atoms with Crippen molar-refractivity contribution in [3.05, 3.63) is 47.7 Å². The third-order valence-electron chi connectivity index (χ3n) is 4.83. The molecule has 146 valence electrons. The van der Waals surface area contributed by atoms with Gasteiger partial charge in [-0.25, -0.2) is 10.4 Å². The molecular formula is C20H24N6O2. The summed E-state index contributed by atoms with van der Waals surface area (Å²) in [6, 6.07) is 9.89. The summed E-state index contributed by atoms with van der Waals surface area (Å²) in [5.74, 6) is 2.16. The summed E-state index contributed by atoms with van der Waals surface area (Å²) in [6.07, 6.45) is 1.62. The van der Waals surface area contributed by atoms with Crippen molar-refractivity contribution >= 4 is 22.5 Å². The Bertz CT molecular complexity index is 1030. The Morgan fingerprint density at radius 2 is 2.07 bits per heavy atom. The number of anilines is 1. The van der Waals surface area contributed by atoms with Gasteiger partial charge in [-0.2, -0.15) is 5.10 Å². The van der Waals surface area contributed by atoms with Crippen molar-refractivity contribution in [3.63, 3.8) is 0 Å². The van der Waals surface area contributed by atoms with Crippen LogP contribution in [0.15, 0.2) is 41.5 Å². The van der Waals surface area contributed by atoms with E-state index < -0.39 is 0 Å². The standard InChI is InChI=1S/C20H24N6O2/c1-5-28-17-9-6-13(10-18(17)27-4)19-23-20(26(3)25-19)22-15-7-8-16-14(12(15)2)11-21-24-16/h6-11,19,25H,5H2,1-4H3,(H,21,24)(H,22,23). The Morgan fingerprint density at radius 3 is 2.86 bits per heavy atom. The fourth-order valence-corrected chi connectivity index (χ4v) is 3.29. The van der Waals surface area contributed by atoms with Gasteiger partial charge in [0.15, 0.2) is 11.5 Å². The van der Waals surface area contributed by atoms with Crippen LogP contribution >= 0.6 is 0 Å². The van der Waals surface area contributed by atoms with Crippen LogP contribution in [0, 0.1) is 6.92 Å². The number of guanidine groups is 1. The first kappa shape index (κ1) is 18.1. The van der Waals surface area contributed by atoms with E-state index in [2.05, 4.69) is 27.9 Å². The summed E-state index contributed by atoms with van der Waals surface area (Å²) in [4.78, 5) is 4.80. The van der Waals surface area contributed by atoms with E-state index in [1.165, 1.54) is 0 Å². The molecule has 1 aromatic heterocycles. The van der Waals surface area contributed by atoms with Gasteiger partial charge >= 0.3 is 0 Å². The third-order valence-corrected chi connectivity index (χ3v) is 4.83. The molecule has 0 aliphatic carbocycles. The number of ether oxygens (including phenoxy) is 2. The van der Waals surface area contributed by atoms with E-state index >= 15 is 0 Å². The molecule has 3 aromatic rings.